The number of carbonyl (C=O) groups is 2. The van der Waals surface area contributed by atoms with Gasteiger partial charge in [0.2, 0.25) is 6.29 Å². The quantitative estimate of drug-likeness (QED) is 0.0926. The molecule has 18 rings (SSSR count). The molecule has 9 N–H and O–H groups in total. The number of hydrazine groups is 1. The highest BCUT2D eigenvalue weighted by molar-refractivity contribution is 6.11. The zero-order valence-corrected chi connectivity index (χ0v) is 50.6. The Morgan fingerprint density at radius 3 is 2.38 bits per heavy atom. The molecule has 0 aromatic heterocycles. The summed E-state index contributed by atoms with van der Waals surface area (Å²) in [4.78, 5) is 25.9. The van der Waals surface area contributed by atoms with Gasteiger partial charge in [-0.15, -0.1) is 0 Å². The van der Waals surface area contributed by atoms with Crippen LogP contribution in [-0.2, 0) is 14.2 Å². The van der Waals surface area contributed by atoms with E-state index in [9.17, 15) is 45.3 Å². The molecule has 16 aliphatic rings. The maximum atomic E-state index is 13.7. The molecule has 4 saturated heterocycles. The van der Waals surface area contributed by atoms with Gasteiger partial charge in [-0.25, -0.2) is 4.79 Å². The van der Waals surface area contributed by atoms with Crippen LogP contribution < -0.4 is 15.6 Å². The molecule has 6 bridgehead atoms. The van der Waals surface area contributed by atoms with Gasteiger partial charge in [-0.3, -0.25) is 15.6 Å². The smallest absolute Gasteiger partial charge is 0.335 e. The van der Waals surface area contributed by atoms with Crippen molar-refractivity contribution in [3.8, 4) is 17.2 Å². The Bertz CT molecular complexity index is 3360. The molecule has 464 valence electrons. The lowest BCUT2D eigenvalue weighted by atomic mass is 9.38. The van der Waals surface area contributed by atoms with Gasteiger partial charge in [0.1, 0.15) is 41.2 Å². The van der Waals surface area contributed by atoms with Crippen LogP contribution in [0.4, 0.5) is 0 Å². The van der Waals surface area contributed by atoms with Crippen LogP contribution in [0.25, 0.3) is 10.8 Å². The van der Waals surface area contributed by atoms with Crippen molar-refractivity contribution in [2.75, 3.05) is 19.8 Å². The number of aliphatic hydroxyl groups excluding tert-OH is 4. The molecule has 15 nitrogen and oxygen atoms in total. The lowest BCUT2D eigenvalue weighted by molar-refractivity contribution is -0.340. The standard InChI is InChI=1S/C71H92N2O13/c1-36-50(37(2)75)54(77)52-44(53(36)76)24-39(61(81)82)25-47(52)84-62-55(78)58(79)71-27-46-51-43(48(86-71)28-63(16-3-4-17-63)59(80)60(71)85-62)14-15-45(51)68(20-7-23-74)35-83-30-40-26-65-31-66(29-49(65)72-73-70(46,33-65)57(40)68)34-67-19-6-9-42(67)13-11-38-10-12-41-8-5-18-64(41)21-22-69(66,32-64)56(38)67/h15,24-25,38,40-42,46,48-49,55-60,62,72-74,76-80H,3-14,16-23,26-35H2,1-2H3,(H,81,82)/t38-,40+,41-,42+,46-,48-,49+,55-,56+,57+,58-,59+,60-,62-,64-,65+,66-,67-,68+,69-,70+,71+/m1/s1. The van der Waals surface area contributed by atoms with E-state index in [0.717, 1.165) is 55.8 Å². The minimum Gasteiger partial charge on any atom is -0.507 e. The van der Waals surface area contributed by atoms with Crippen LogP contribution in [0.15, 0.2) is 34.9 Å². The lowest BCUT2D eigenvalue weighted by Crippen LogP contribution is -2.81. The zero-order valence-electron chi connectivity index (χ0n) is 50.6. The van der Waals surface area contributed by atoms with Crippen molar-refractivity contribution in [3.63, 3.8) is 0 Å². The van der Waals surface area contributed by atoms with Gasteiger partial charge in [-0.2, -0.15) is 0 Å². The number of rotatable bonds is 7. The molecule has 0 amide bonds. The molecular weight excluding hydrogens is 1090 g/mol. The van der Waals surface area contributed by atoms with Crippen molar-refractivity contribution in [3.05, 3.63) is 51.6 Å². The number of hydrogen-bond donors (Lipinski definition) is 9. The third-order valence-electron chi connectivity index (χ3n) is 30.2. The molecule has 5 aliphatic heterocycles. The molecular formula is C71H92N2O13. The molecule has 11 aliphatic carbocycles. The highest BCUT2D eigenvalue weighted by Crippen LogP contribution is 2.88. The number of fused-ring (bicyclic) bond motifs is 4. The van der Waals surface area contributed by atoms with E-state index in [1.165, 1.54) is 145 Å². The zero-order chi connectivity index (χ0) is 58.7. The van der Waals surface area contributed by atoms with E-state index in [2.05, 4.69) is 16.9 Å². The van der Waals surface area contributed by atoms with Gasteiger partial charge in [0.05, 0.1) is 35.3 Å². The lowest BCUT2D eigenvalue weighted by Gasteiger charge is -2.72. The number of hydrogen-bond acceptors (Lipinski definition) is 14. The van der Waals surface area contributed by atoms with Crippen molar-refractivity contribution in [2.24, 2.45) is 79.3 Å². The monoisotopic (exact) mass is 1180 g/mol. The Balaban J connectivity index is 0.787. The summed E-state index contributed by atoms with van der Waals surface area (Å²) in [7, 11) is 0. The summed E-state index contributed by atoms with van der Waals surface area (Å²) in [6.45, 7) is 4.06. The number of ether oxygens (including phenoxy) is 4. The summed E-state index contributed by atoms with van der Waals surface area (Å²) >= 11 is 0. The molecule has 15 heteroatoms. The summed E-state index contributed by atoms with van der Waals surface area (Å²) in [5.74, 6) is 0.351. The molecule has 2 aromatic carbocycles. The molecule has 0 radical (unpaired) electrons. The fraction of sp³-hybridized carbons (Fsp3) is 0.775. The number of aliphatic hydroxyl groups is 4. The molecule has 86 heavy (non-hydrogen) atoms. The Labute approximate surface area is 504 Å². The van der Waals surface area contributed by atoms with Crippen LogP contribution in [0.3, 0.4) is 0 Å². The number of Topliss-reactive ketones (excluding diaryl/α,β-unsaturated/α-hetero) is 1. The van der Waals surface area contributed by atoms with E-state index in [1.807, 2.05) is 0 Å². The number of carbonyl (C=O) groups excluding carboxylic acids is 1. The number of allylic oxidation sites excluding steroid dienone is 1. The average Bonchev–Trinajstić information content (AvgIpc) is 1.49. The number of aromatic carboxylic acids is 1. The third kappa shape index (κ3) is 6.58. The molecule has 8 spiro atoms. The summed E-state index contributed by atoms with van der Waals surface area (Å²) in [5, 5.41) is 84.8. The number of carboxylic acids is 1. The maximum Gasteiger partial charge on any atom is 0.335 e. The van der Waals surface area contributed by atoms with Gasteiger partial charge < -0.3 is 54.7 Å². The van der Waals surface area contributed by atoms with Gasteiger partial charge in [0.25, 0.3) is 0 Å². The second-order valence-electron chi connectivity index (χ2n) is 32.9. The van der Waals surface area contributed by atoms with Gasteiger partial charge in [-0.05, 0) is 253 Å². The largest absolute Gasteiger partial charge is 0.507 e. The van der Waals surface area contributed by atoms with Crippen LogP contribution in [0.1, 0.15) is 207 Å². The molecule has 10 saturated carbocycles. The normalized spacial score (nSPS) is 50.0. The van der Waals surface area contributed by atoms with Crippen molar-refractivity contribution >= 4 is 22.5 Å². The van der Waals surface area contributed by atoms with E-state index >= 15 is 0 Å². The Morgan fingerprint density at radius 2 is 1.58 bits per heavy atom. The van der Waals surface area contributed by atoms with Crippen LogP contribution in [0.2, 0.25) is 0 Å². The summed E-state index contributed by atoms with van der Waals surface area (Å²) < 4.78 is 28.8. The van der Waals surface area contributed by atoms with E-state index in [1.54, 1.807) is 0 Å². The summed E-state index contributed by atoms with van der Waals surface area (Å²) in [6, 6.07) is 2.66. The number of nitrogens with one attached hydrogen (secondary N) is 2. The second-order valence-corrected chi connectivity index (χ2v) is 32.9. The molecule has 0 unspecified atom stereocenters. The number of phenols is 2. The average molecular weight is 1180 g/mol. The van der Waals surface area contributed by atoms with E-state index < -0.39 is 82.0 Å². The third-order valence-corrected chi connectivity index (χ3v) is 30.2. The first-order valence-electron chi connectivity index (χ1n) is 34.3. The number of phenolic OH excluding ortho intramolecular Hbond substituents is 2. The Hall–Kier alpha value is -3.64. The topological polar surface area (TPSA) is 237 Å². The van der Waals surface area contributed by atoms with E-state index in [-0.39, 0.29) is 80.9 Å². The molecule has 22 atom stereocenters. The van der Waals surface area contributed by atoms with Gasteiger partial charge in [0.15, 0.2) is 5.78 Å². The fourth-order valence-electron chi connectivity index (χ4n) is 28.1. The van der Waals surface area contributed by atoms with Crippen molar-refractivity contribution in [1.29, 1.82) is 0 Å². The molecule has 2 aromatic rings. The minimum atomic E-state index is -1.82. The van der Waals surface area contributed by atoms with Crippen molar-refractivity contribution in [2.45, 2.75) is 241 Å². The molecule has 14 fully saturated rings. The maximum absolute atomic E-state index is 13.7. The van der Waals surface area contributed by atoms with E-state index in [0.29, 0.717) is 61.6 Å². The number of aromatic hydroxyl groups is 2. The summed E-state index contributed by atoms with van der Waals surface area (Å²) in [6.07, 6.45) is 24.7. The number of benzene rings is 2. The highest BCUT2D eigenvalue weighted by Gasteiger charge is 2.83. The highest BCUT2D eigenvalue weighted by atomic mass is 16.7. The molecule has 5 heterocycles. The fourth-order valence-corrected chi connectivity index (χ4v) is 28.1. The van der Waals surface area contributed by atoms with E-state index in [4.69, 9.17) is 18.9 Å². The van der Waals surface area contributed by atoms with Crippen LogP contribution in [-0.4, -0.2) is 121 Å². The van der Waals surface area contributed by atoms with Gasteiger partial charge in [0, 0.05) is 52.5 Å². The first-order chi connectivity index (χ1) is 41.4. The van der Waals surface area contributed by atoms with Crippen molar-refractivity contribution < 1.29 is 64.3 Å². The number of ketones is 1. The van der Waals surface area contributed by atoms with Gasteiger partial charge in [-0.1, -0.05) is 31.8 Å². The van der Waals surface area contributed by atoms with Crippen molar-refractivity contribution in [1.82, 2.24) is 10.9 Å². The first kappa shape index (κ1) is 55.2. The first-order valence-corrected chi connectivity index (χ1v) is 34.3. The van der Waals surface area contributed by atoms with Crippen LogP contribution in [0.5, 0.6) is 17.2 Å². The minimum absolute atomic E-state index is 0.0517. The van der Waals surface area contributed by atoms with Crippen LogP contribution in [0, 0.1) is 86.3 Å². The van der Waals surface area contributed by atoms with Gasteiger partial charge >= 0.3 is 5.97 Å². The SMILES string of the molecule is CC(=O)c1c(C)c(O)c2cc(C(=O)O)cc(O[C@@H]3O[C@@H]4[C@H](O)C5(CCCC5)C[C@H]5O[C@@]4(C[C@@H]4C6=C5CC=C6[C@]5(CCCO)COC[C@@H]6C[C@]78C[C@@]4(NN[C@H]7C[C@@]4(C8)C[C@]78CCC[C@H]7CC[C@H]7CC[C@H]9CCC[C@]9%10CC[C@@]4(C%10)[C@@H]78)[C@@H]65)[C@H](O)[C@H]3O)c2c1O. The Morgan fingerprint density at radius 1 is 0.791 bits per heavy atom. The summed E-state index contributed by atoms with van der Waals surface area (Å²) in [5.41, 5.74) is 10.3. The number of carboxylic acid groups (broad SMARTS) is 1. The predicted octanol–water partition coefficient (Wildman–Crippen LogP) is 10.2. The second kappa shape index (κ2) is 18.1. The van der Waals surface area contributed by atoms with Crippen LogP contribution >= 0.6 is 0 Å². The Kier molecular flexibility index (Phi) is 11.6. The predicted molar refractivity (Wildman–Crippen MR) is 316 cm³/mol.